The van der Waals surface area contributed by atoms with Gasteiger partial charge in [-0.3, -0.25) is 0 Å². The summed E-state index contributed by atoms with van der Waals surface area (Å²) in [7, 11) is 0. The smallest absolute Gasteiger partial charge is 0.0999 e. The Balaban J connectivity index is 2.12. The summed E-state index contributed by atoms with van der Waals surface area (Å²) in [5, 5.41) is 3.42. The third kappa shape index (κ3) is 1.53. The SMILES string of the molecule is C[C@H]1C=C(c2ncn3ccccc23)CNC1. The third-order valence-corrected chi connectivity index (χ3v) is 3.02. The molecule has 0 aliphatic carbocycles. The molecule has 0 saturated carbocycles. The molecule has 1 N–H and O–H groups in total. The van der Waals surface area contributed by atoms with Crippen LogP contribution < -0.4 is 5.32 Å². The van der Waals surface area contributed by atoms with E-state index in [0.29, 0.717) is 5.92 Å². The van der Waals surface area contributed by atoms with Gasteiger partial charge in [0.2, 0.25) is 0 Å². The second kappa shape index (κ2) is 3.76. The molecule has 0 amide bonds. The Bertz CT molecular complexity index is 539. The standard InChI is InChI=1S/C13H15N3/c1-10-6-11(8-14-7-10)13-12-4-2-3-5-16(12)9-15-13/h2-6,9-10,14H,7-8H2,1H3/t10-/m0/s1. The highest BCUT2D eigenvalue weighted by Gasteiger charge is 2.14. The fraction of sp³-hybridized carbons (Fsp3) is 0.308. The summed E-state index contributed by atoms with van der Waals surface area (Å²) in [6, 6.07) is 6.19. The predicted molar refractivity (Wildman–Crippen MR) is 65.2 cm³/mol. The van der Waals surface area contributed by atoms with E-state index < -0.39 is 0 Å². The molecule has 1 aliphatic heterocycles. The molecule has 0 bridgehead atoms. The van der Waals surface area contributed by atoms with E-state index in [9.17, 15) is 0 Å². The summed E-state index contributed by atoms with van der Waals surface area (Å²) in [6.45, 7) is 4.21. The fourth-order valence-electron chi connectivity index (χ4n) is 2.25. The minimum absolute atomic E-state index is 0.587. The number of nitrogens with one attached hydrogen (secondary N) is 1. The highest BCUT2D eigenvalue weighted by molar-refractivity contribution is 5.77. The molecule has 0 fully saturated rings. The van der Waals surface area contributed by atoms with E-state index in [1.165, 1.54) is 11.1 Å². The van der Waals surface area contributed by atoms with Gasteiger partial charge in [-0.15, -0.1) is 0 Å². The van der Waals surface area contributed by atoms with Crippen LogP contribution in [-0.4, -0.2) is 22.5 Å². The van der Waals surface area contributed by atoms with Crippen LogP contribution in [0.4, 0.5) is 0 Å². The van der Waals surface area contributed by atoms with Crippen LogP contribution in [0.1, 0.15) is 12.6 Å². The summed E-state index contributed by atoms with van der Waals surface area (Å²) in [5.74, 6) is 0.587. The van der Waals surface area contributed by atoms with Gasteiger partial charge in [-0.2, -0.15) is 0 Å². The topological polar surface area (TPSA) is 29.3 Å². The molecule has 16 heavy (non-hydrogen) atoms. The summed E-state index contributed by atoms with van der Waals surface area (Å²) in [6.07, 6.45) is 6.24. The normalized spacial score (nSPS) is 21.1. The van der Waals surface area contributed by atoms with Crippen molar-refractivity contribution in [1.82, 2.24) is 14.7 Å². The van der Waals surface area contributed by atoms with Gasteiger partial charge < -0.3 is 9.72 Å². The zero-order valence-corrected chi connectivity index (χ0v) is 9.35. The van der Waals surface area contributed by atoms with Crippen molar-refractivity contribution in [3.63, 3.8) is 0 Å². The first kappa shape index (κ1) is 9.60. The molecule has 2 aromatic heterocycles. The van der Waals surface area contributed by atoms with Crippen LogP contribution in [-0.2, 0) is 0 Å². The maximum atomic E-state index is 4.51. The van der Waals surface area contributed by atoms with E-state index in [-0.39, 0.29) is 0 Å². The van der Waals surface area contributed by atoms with Crippen molar-refractivity contribution in [3.8, 4) is 0 Å². The van der Waals surface area contributed by atoms with E-state index in [2.05, 4.69) is 39.8 Å². The van der Waals surface area contributed by atoms with Gasteiger partial charge in [0.15, 0.2) is 0 Å². The number of imidazole rings is 1. The molecule has 82 valence electrons. The van der Waals surface area contributed by atoms with E-state index in [0.717, 1.165) is 18.8 Å². The zero-order chi connectivity index (χ0) is 11.0. The largest absolute Gasteiger partial charge is 0.312 e. The second-order valence-corrected chi connectivity index (χ2v) is 4.39. The van der Waals surface area contributed by atoms with Gasteiger partial charge in [0, 0.05) is 19.3 Å². The Morgan fingerprint density at radius 3 is 3.25 bits per heavy atom. The molecule has 0 radical (unpaired) electrons. The van der Waals surface area contributed by atoms with Crippen molar-refractivity contribution >= 4 is 11.1 Å². The van der Waals surface area contributed by atoms with Gasteiger partial charge in [0.1, 0.15) is 0 Å². The number of aromatic nitrogens is 2. The second-order valence-electron chi connectivity index (χ2n) is 4.39. The minimum atomic E-state index is 0.587. The Morgan fingerprint density at radius 2 is 2.38 bits per heavy atom. The maximum Gasteiger partial charge on any atom is 0.0999 e. The van der Waals surface area contributed by atoms with E-state index in [1.807, 2.05) is 18.6 Å². The molecule has 1 atom stereocenters. The van der Waals surface area contributed by atoms with Crippen molar-refractivity contribution in [2.45, 2.75) is 6.92 Å². The Hall–Kier alpha value is -1.61. The first-order chi connectivity index (χ1) is 7.84. The molecule has 2 aromatic rings. The number of hydrogen-bond acceptors (Lipinski definition) is 2. The van der Waals surface area contributed by atoms with Crippen LogP contribution in [0.25, 0.3) is 11.1 Å². The van der Waals surface area contributed by atoms with Gasteiger partial charge in [0.05, 0.1) is 17.5 Å². The van der Waals surface area contributed by atoms with Crippen LogP contribution in [0, 0.1) is 5.92 Å². The van der Waals surface area contributed by atoms with E-state index in [1.54, 1.807) is 0 Å². The van der Waals surface area contributed by atoms with Gasteiger partial charge in [-0.25, -0.2) is 4.98 Å². The van der Waals surface area contributed by atoms with Crippen molar-refractivity contribution in [2.24, 2.45) is 5.92 Å². The molecule has 3 heterocycles. The van der Waals surface area contributed by atoms with Crippen LogP contribution >= 0.6 is 0 Å². The van der Waals surface area contributed by atoms with Crippen LogP contribution in [0.2, 0.25) is 0 Å². The van der Waals surface area contributed by atoms with Crippen LogP contribution in [0.15, 0.2) is 36.8 Å². The Labute approximate surface area is 94.8 Å². The highest BCUT2D eigenvalue weighted by Crippen LogP contribution is 2.21. The van der Waals surface area contributed by atoms with Gasteiger partial charge in [-0.05, 0) is 23.6 Å². The summed E-state index contributed by atoms with van der Waals surface area (Å²) in [4.78, 5) is 4.51. The number of pyridine rings is 1. The van der Waals surface area contributed by atoms with Gasteiger partial charge in [-0.1, -0.05) is 19.1 Å². The average molecular weight is 213 g/mol. The lowest BCUT2D eigenvalue weighted by atomic mass is 10.0. The Morgan fingerprint density at radius 1 is 1.44 bits per heavy atom. The van der Waals surface area contributed by atoms with Crippen LogP contribution in [0.3, 0.4) is 0 Å². The fourth-order valence-corrected chi connectivity index (χ4v) is 2.25. The van der Waals surface area contributed by atoms with Crippen molar-refractivity contribution in [3.05, 3.63) is 42.5 Å². The molecule has 0 spiro atoms. The van der Waals surface area contributed by atoms with Crippen LogP contribution in [0.5, 0.6) is 0 Å². The minimum Gasteiger partial charge on any atom is -0.312 e. The van der Waals surface area contributed by atoms with E-state index >= 15 is 0 Å². The van der Waals surface area contributed by atoms with Gasteiger partial charge in [0.25, 0.3) is 0 Å². The molecular formula is C13H15N3. The zero-order valence-electron chi connectivity index (χ0n) is 9.35. The lowest BCUT2D eigenvalue weighted by Gasteiger charge is -2.18. The summed E-state index contributed by atoms with van der Waals surface area (Å²) < 4.78 is 2.06. The molecular weight excluding hydrogens is 198 g/mol. The summed E-state index contributed by atoms with van der Waals surface area (Å²) >= 11 is 0. The van der Waals surface area contributed by atoms with E-state index in [4.69, 9.17) is 0 Å². The third-order valence-electron chi connectivity index (χ3n) is 3.02. The first-order valence-electron chi connectivity index (χ1n) is 5.68. The lowest BCUT2D eigenvalue weighted by molar-refractivity contribution is 0.606. The Kier molecular flexibility index (Phi) is 2.26. The summed E-state index contributed by atoms with van der Waals surface area (Å²) in [5.41, 5.74) is 3.61. The monoisotopic (exact) mass is 213 g/mol. The van der Waals surface area contributed by atoms with Gasteiger partial charge >= 0.3 is 0 Å². The number of nitrogens with zero attached hydrogens (tertiary/aromatic N) is 2. The first-order valence-corrected chi connectivity index (χ1v) is 5.68. The highest BCUT2D eigenvalue weighted by atomic mass is 15.0. The number of rotatable bonds is 1. The molecule has 0 unspecified atom stereocenters. The maximum absolute atomic E-state index is 4.51. The molecule has 3 heteroatoms. The molecule has 0 aromatic carbocycles. The lowest BCUT2D eigenvalue weighted by Crippen LogP contribution is -2.27. The molecule has 3 nitrogen and oxygen atoms in total. The predicted octanol–water partition coefficient (Wildman–Crippen LogP) is 1.96. The molecule has 1 aliphatic rings. The molecule has 0 saturated heterocycles. The van der Waals surface area contributed by atoms with Crippen molar-refractivity contribution in [1.29, 1.82) is 0 Å². The van der Waals surface area contributed by atoms with Crippen molar-refractivity contribution in [2.75, 3.05) is 13.1 Å². The molecule has 3 rings (SSSR count). The number of fused-ring (bicyclic) bond motifs is 1. The van der Waals surface area contributed by atoms with Crippen molar-refractivity contribution < 1.29 is 0 Å². The average Bonchev–Trinajstić information content (AvgIpc) is 2.72. The quantitative estimate of drug-likeness (QED) is 0.784. The number of hydrogen-bond donors (Lipinski definition) is 1.